The highest BCUT2D eigenvalue weighted by atomic mass is 32.2. The average Bonchev–Trinajstić information content (AvgIpc) is 2.87. The predicted octanol–water partition coefficient (Wildman–Crippen LogP) is 3.04. The van der Waals surface area contributed by atoms with E-state index >= 15 is 0 Å². The molecule has 2 aromatic rings. The van der Waals surface area contributed by atoms with Crippen LogP contribution in [-0.4, -0.2) is 15.0 Å². The smallest absolute Gasteiger partial charge is 0.262 e. The molecule has 0 atom stereocenters. The van der Waals surface area contributed by atoms with Crippen LogP contribution < -0.4 is 9.46 Å². The van der Waals surface area contributed by atoms with Gasteiger partial charge in [-0.15, -0.1) is 0 Å². The summed E-state index contributed by atoms with van der Waals surface area (Å²) in [4.78, 5) is 0.295. The quantitative estimate of drug-likeness (QED) is 0.948. The van der Waals surface area contributed by atoms with Crippen molar-refractivity contribution in [2.75, 3.05) is 11.3 Å². The van der Waals surface area contributed by atoms with Gasteiger partial charge in [0.25, 0.3) is 10.0 Å². The standard InChI is InChI=1S/C16H17NO3S/c1-11-6-7-15(12(2)10-11)21(18,19)17-14-5-3-4-13-8-9-20-16(13)14/h3-7,10,17H,8-9H2,1-2H3. The van der Waals surface area contributed by atoms with Gasteiger partial charge in [-0.1, -0.05) is 29.8 Å². The molecule has 1 aliphatic rings. The number of para-hydroxylation sites is 1. The van der Waals surface area contributed by atoms with Crippen molar-refractivity contribution in [3.63, 3.8) is 0 Å². The lowest BCUT2D eigenvalue weighted by atomic mass is 10.1. The van der Waals surface area contributed by atoms with Crippen LogP contribution in [-0.2, 0) is 16.4 Å². The number of nitrogens with one attached hydrogen (secondary N) is 1. The molecular weight excluding hydrogens is 286 g/mol. The Morgan fingerprint density at radius 1 is 1.14 bits per heavy atom. The molecule has 1 heterocycles. The van der Waals surface area contributed by atoms with Gasteiger partial charge in [0.15, 0.2) is 0 Å². The molecule has 5 heteroatoms. The van der Waals surface area contributed by atoms with Crippen molar-refractivity contribution < 1.29 is 13.2 Å². The van der Waals surface area contributed by atoms with Crippen LogP contribution in [0.5, 0.6) is 5.75 Å². The third-order valence-electron chi connectivity index (χ3n) is 3.58. The molecule has 4 nitrogen and oxygen atoms in total. The number of hydrogen-bond acceptors (Lipinski definition) is 3. The van der Waals surface area contributed by atoms with Crippen LogP contribution in [0.25, 0.3) is 0 Å². The molecule has 0 spiro atoms. The summed E-state index contributed by atoms with van der Waals surface area (Å²) >= 11 is 0. The molecule has 0 bridgehead atoms. The Balaban J connectivity index is 1.99. The van der Waals surface area contributed by atoms with Crippen LogP contribution in [0.2, 0.25) is 0 Å². The minimum Gasteiger partial charge on any atom is -0.491 e. The van der Waals surface area contributed by atoms with E-state index < -0.39 is 10.0 Å². The number of fused-ring (bicyclic) bond motifs is 1. The first-order chi connectivity index (χ1) is 9.97. The van der Waals surface area contributed by atoms with Crippen LogP contribution in [0.3, 0.4) is 0 Å². The van der Waals surface area contributed by atoms with Gasteiger partial charge in [-0.3, -0.25) is 4.72 Å². The third kappa shape index (κ3) is 2.61. The summed E-state index contributed by atoms with van der Waals surface area (Å²) in [7, 11) is -3.61. The Morgan fingerprint density at radius 3 is 2.71 bits per heavy atom. The first-order valence-corrected chi connectivity index (χ1v) is 8.30. The molecule has 2 aromatic carbocycles. The predicted molar refractivity (Wildman–Crippen MR) is 82.4 cm³/mol. The van der Waals surface area contributed by atoms with Crippen LogP contribution >= 0.6 is 0 Å². The molecule has 0 fully saturated rings. The first kappa shape index (κ1) is 13.9. The number of sulfonamides is 1. The second kappa shape index (κ2) is 5.07. The third-order valence-corrected chi connectivity index (χ3v) is 5.10. The van der Waals surface area contributed by atoms with E-state index in [9.17, 15) is 8.42 Å². The minimum absolute atomic E-state index is 0.295. The fourth-order valence-corrected chi connectivity index (χ4v) is 3.89. The SMILES string of the molecule is Cc1ccc(S(=O)(=O)Nc2cccc3c2OCC3)c(C)c1. The molecule has 0 radical (unpaired) electrons. The molecular formula is C16H17NO3S. The van der Waals surface area contributed by atoms with Gasteiger partial charge in [0, 0.05) is 6.42 Å². The van der Waals surface area contributed by atoms with E-state index in [4.69, 9.17) is 4.74 Å². The molecule has 0 saturated carbocycles. The molecule has 1 N–H and O–H groups in total. The monoisotopic (exact) mass is 303 g/mol. The number of hydrogen-bond donors (Lipinski definition) is 1. The van der Waals surface area contributed by atoms with Crippen molar-refractivity contribution >= 4 is 15.7 Å². The highest BCUT2D eigenvalue weighted by Crippen LogP contribution is 2.35. The van der Waals surface area contributed by atoms with Crippen molar-refractivity contribution in [1.82, 2.24) is 0 Å². The van der Waals surface area contributed by atoms with E-state index in [-0.39, 0.29) is 0 Å². The number of benzene rings is 2. The zero-order chi connectivity index (χ0) is 15.0. The summed E-state index contributed by atoms with van der Waals surface area (Å²) in [5.74, 6) is 0.644. The van der Waals surface area contributed by atoms with E-state index in [1.165, 1.54) is 0 Å². The molecule has 110 valence electrons. The lowest BCUT2D eigenvalue weighted by Gasteiger charge is -2.13. The summed E-state index contributed by atoms with van der Waals surface area (Å²) in [5, 5.41) is 0. The van der Waals surface area contributed by atoms with Gasteiger partial charge in [0.2, 0.25) is 0 Å². The number of aryl methyl sites for hydroxylation is 2. The summed E-state index contributed by atoms with van der Waals surface area (Å²) < 4.78 is 33.3. The summed E-state index contributed by atoms with van der Waals surface area (Å²) in [6.07, 6.45) is 0.814. The molecule has 21 heavy (non-hydrogen) atoms. The molecule has 3 rings (SSSR count). The first-order valence-electron chi connectivity index (χ1n) is 6.82. The molecule has 0 aliphatic carbocycles. The maximum atomic E-state index is 12.6. The van der Waals surface area contributed by atoms with Gasteiger partial charge in [0.1, 0.15) is 5.75 Å². The van der Waals surface area contributed by atoms with Crippen molar-refractivity contribution in [2.45, 2.75) is 25.2 Å². The number of ether oxygens (including phenoxy) is 1. The Hall–Kier alpha value is -2.01. The average molecular weight is 303 g/mol. The molecule has 1 aliphatic heterocycles. The number of rotatable bonds is 3. The van der Waals surface area contributed by atoms with Crippen molar-refractivity contribution in [3.8, 4) is 5.75 Å². The summed E-state index contributed by atoms with van der Waals surface area (Å²) in [5.41, 5.74) is 3.31. The van der Waals surface area contributed by atoms with E-state index in [2.05, 4.69) is 4.72 Å². The normalized spacial score (nSPS) is 13.6. The van der Waals surface area contributed by atoms with E-state index in [0.29, 0.717) is 22.9 Å². The van der Waals surface area contributed by atoms with Crippen molar-refractivity contribution in [1.29, 1.82) is 0 Å². The topological polar surface area (TPSA) is 55.4 Å². The lowest BCUT2D eigenvalue weighted by molar-refractivity contribution is 0.358. The Bertz CT molecular complexity index is 797. The van der Waals surface area contributed by atoms with E-state index in [1.807, 2.05) is 25.1 Å². The fraction of sp³-hybridized carbons (Fsp3) is 0.250. The molecule has 0 saturated heterocycles. The second-order valence-corrected chi connectivity index (χ2v) is 6.92. The zero-order valence-corrected chi connectivity index (χ0v) is 12.8. The summed E-state index contributed by atoms with van der Waals surface area (Å²) in [6, 6.07) is 10.8. The fourth-order valence-electron chi connectivity index (χ4n) is 2.60. The summed E-state index contributed by atoms with van der Waals surface area (Å²) in [6.45, 7) is 4.33. The van der Waals surface area contributed by atoms with Gasteiger partial charge in [-0.05, 0) is 37.1 Å². The molecule has 0 amide bonds. The van der Waals surface area contributed by atoms with Gasteiger partial charge in [-0.25, -0.2) is 8.42 Å². The molecule has 0 aromatic heterocycles. The minimum atomic E-state index is -3.61. The number of anilines is 1. The van der Waals surface area contributed by atoms with Crippen LogP contribution in [0.1, 0.15) is 16.7 Å². The van der Waals surface area contributed by atoms with E-state index in [1.54, 1.807) is 25.1 Å². The van der Waals surface area contributed by atoms with Crippen LogP contribution in [0, 0.1) is 13.8 Å². The Morgan fingerprint density at radius 2 is 1.95 bits per heavy atom. The largest absolute Gasteiger partial charge is 0.491 e. The Kier molecular flexibility index (Phi) is 3.37. The van der Waals surface area contributed by atoms with Crippen molar-refractivity contribution in [3.05, 3.63) is 53.1 Å². The highest BCUT2D eigenvalue weighted by molar-refractivity contribution is 7.92. The van der Waals surface area contributed by atoms with Gasteiger partial charge in [0.05, 0.1) is 17.2 Å². The zero-order valence-electron chi connectivity index (χ0n) is 12.0. The maximum Gasteiger partial charge on any atom is 0.262 e. The lowest BCUT2D eigenvalue weighted by Crippen LogP contribution is -2.14. The molecule has 0 unspecified atom stereocenters. The van der Waals surface area contributed by atoms with Crippen molar-refractivity contribution in [2.24, 2.45) is 0 Å². The highest BCUT2D eigenvalue weighted by Gasteiger charge is 2.22. The van der Waals surface area contributed by atoms with Gasteiger partial charge >= 0.3 is 0 Å². The van der Waals surface area contributed by atoms with E-state index in [0.717, 1.165) is 23.1 Å². The second-order valence-electron chi connectivity index (χ2n) is 5.27. The van der Waals surface area contributed by atoms with Gasteiger partial charge < -0.3 is 4.74 Å². The van der Waals surface area contributed by atoms with Gasteiger partial charge in [-0.2, -0.15) is 0 Å². The maximum absolute atomic E-state index is 12.6. The van der Waals surface area contributed by atoms with Crippen LogP contribution in [0.15, 0.2) is 41.3 Å². The van der Waals surface area contributed by atoms with Crippen LogP contribution in [0.4, 0.5) is 5.69 Å². The Labute approximate surface area is 124 Å².